The third kappa shape index (κ3) is 2.68. The monoisotopic (exact) mass is 297 g/mol. The normalized spacial score (nSPS) is 18.0. The van der Waals surface area contributed by atoms with Crippen LogP contribution in [0.3, 0.4) is 0 Å². The Balaban J connectivity index is 2.20. The van der Waals surface area contributed by atoms with Crippen LogP contribution in [0.25, 0.3) is 0 Å². The zero-order valence-corrected chi connectivity index (χ0v) is 13.1. The smallest absolute Gasteiger partial charge is 0.242 e. The number of nitrogens with two attached hydrogens (primary N) is 1. The van der Waals surface area contributed by atoms with Crippen LogP contribution in [-0.2, 0) is 10.0 Å². The maximum absolute atomic E-state index is 12.5. The molecule has 0 unspecified atom stereocenters. The highest BCUT2D eigenvalue weighted by Crippen LogP contribution is 2.36. The minimum Gasteiger partial charge on any atom is -0.398 e. The van der Waals surface area contributed by atoms with Crippen LogP contribution in [0.2, 0.25) is 0 Å². The average molecular weight is 297 g/mol. The molecule has 6 heteroatoms. The Morgan fingerprint density at radius 3 is 2.45 bits per heavy atom. The Hall–Kier alpha value is -1.11. The molecular weight excluding hydrogens is 274 g/mol. The summed E-state index contributed by atoms with van der Waals surface area (Å²) in [7, 11) is 0.425. The molecule has 0 atom stereocenters. The first-order chi connectivity index (χ1) is 9.28. The van der Waals surface area contributed by atoms with Crippen molar-refractivity contribution in [3.8, 4) is 0 Å². The number of rotatable bonds is 5. The minimum absolute atomic E-state index is 0.0511. The van der Waals surface area contributed by atoms with Crippen LogP contribution in [0.1, 0.15) is 24.8 Å². The molecule has 0 radical (unpaired) electrons. The molecule has 3 N–H and O–H groups in total. The van der Waals surface area contributed by atoms with Gasteiger partial charge in [-0.15, -0.1) is 0 Å². The maximum Gasteiger partial charge on any atom is 0.242 e. The van der Waals surface area contributed by atoms with E-state index >= 15 is 0 Å². The van der Waals surface area contributed by atoms with Crippen LogP contribution in [0, 0.1) is 6.92 Å². The van der Waals surface area contributed by atoms with Gasteiger partial charge in [0.05, 0.1) is 5.69 Å². The minimum atomic E-state index is -3.57. The van der Waals surface area contributed by atoms with E-state index in [1.165, 1.54) is 0 Å². The van der Waals surface area contributed by atoms with Crippen molar-refractivity contribution < 1.29 is 8.42 Å². The fourth-order valence-corrected chi connectivity index (χ4v) is 4.18. The molecule has 1 aliphatic carbocycles. The van der Waals surface area contributed by atoms with Crippen LogP contribution in [0.4, 0.5) is 5.69 Å². The van der Waals surface area contributed by atoms with Gasteiger partial charge in [0.25, 0.3) is 0 Å². The summed E-state index contributed by atoms with van der Waals surface area (Å²) >= 11 is 0. The maximum atomic E-state index is 12.5. The highest BCUT2D eigenvalue weighted by molar-refractivity contribution is 7.89. The molecule has 2 rings (SSSR count). The van der Waals surface area contributed by atoms with Gasteiger partial charge >= 0.3 is 0 Å². The van der Waals surface area contributed by atoms with Crippen LogP contribution in [0.15, 0.2) is 23.1 Å². The van der Waals surface area contributed by atoms with Crippen molar-refractivity contribution in [3.63, 3.8) is 0 Å². The largest absolute Gasteiger partial charge is 0.398 e. The number of sulfonamides is 1. The lowest BCUT2D eigenvalue weighted by Gasteiger charge is -2.47. The molecule has 1 saturated carbocycles. The van der Waals surface area contributed by atoms with E-state index in [2.05, 4.69) is 9.62 Å². The number of hydrogen-bond donors (Lipinski definition) is 2. The second-order valence-electron chi connectivity index (χ2n) is 5.79. The molecule has 0 bridgehead atoms. The van der Waals surface area contributed by atoms with Gasteiger partial charge in [-0.2, -0.15) is 0 Å². The van der Waals surface area contributed by atoms with E-state index in [4.69, 9.17) is 5.73 Å². The summed E-state index contributed by atoms with van der Waals surface area (Å²) in [5.41, 5.74) is 6.74. The lowest BCUT2D eigenvalue weighted by atomic mass is 9.76. The Morgan fingerprint density at radius 2 is 2.00 bits per heavy atom. The molecule has 0 aliphatic heterocycles. The summed E-state index contributed by atoms with van der Waals surface area (Å²) in [5.74, 6) is 0. The zero-order valence-electron chi connectivity index (χ0n) is 12.3. The van der Waals surface area contributed by atoms with Crippen LogP contribution >= 0.6 is 0 Å². The summed E-state index contributed by atoms with van der Waals surface area (Å²) in [6.45, 7) is 2.19. The number of hydrogen-bond acceptors (Lipinski definition) is 4. The molecule has 1 fully saturated rings. The lowest BCUT2D eigenvalue weighted by molar-refractivity contribution is 0.0657. The standard InChI is InChI=1S/C14H23N3O2S/c1-11-6-4-7-12(15)13(11)20(18,19)16-10-14(17(2)3)8-5-9-14/h4,6-7,16H,5,8-10,15H2,1-3H3. The van der Waals surface area contributed by atoms with Gasteiger partial charge in [-0.25, -0.2) is 13.1 Å². The zero-order chi connectivity index (χ0) is 15.0. The molecule has 0 saturated heterocycles. The number of benzene rings is 1. The molecule has 1 aromatic rings. The predicted molar refractivity (Wildman–Crippen MR) is 81.0 cm³/mol. The van der Waals surface area contributed by atoms with Crippen molar-refractivity contribution in [3.05, 3.63) is 23.8 Å². The topological polar surface area (TPSA) is 75.4 Å². The van der Waals surface area contributed by atoms with Gasteiger partial charge in [-0.1, -0.05) is 12.1 Å². The van der Waals surface area contributed by atoms with Crippen LogP contribution < -0.4 is 10.5 Å². The number of anilines is 1. The van der Waals surface area contributed by atoms with Crippen molar-refractivity contribution in [1.29, 1.82) is 0 Å². The van der Waals surface area contributed by atoms with E-state index in [1.807, 2.05) is 14.1 Å². The van der Waals surface area contributed by atoms with Crippen molar-refractivity contribution in [2.24, 2.45) is 0 Å². The Labute approximate surface area is 121 Å². The second kappa shape index (κ2) is 5.35. The van der Waals surface area contributed by atoms with Crippen LogP contribution in [-0.4, -0.2) is 39.5 Å². The molecular formula is C14H23N3O2S. The van der Waals surface area contributed by atoms with E-state index in [9.17, 15) is 8.42 Å². The lowest BCUT2D eigenvalue weighted by Crippen LogP contribution is -2.57. The first-order valence-corrected chi connectivity index (χ1v) is 8.29. The summed E-state index contributed by atoms with van der Waals surface area (Å²) < 4.78 is 27.7. The fourth-order valence-electron chi connectivity index (χ4n) is 2.71. The first-order valence-electron chi connectivity index (χ1n) is 6.81. The SMILES string of the molecule is Cc1cccc(N)c1S(=O)(=O)NCC1(N(C)C)CCC1. The average Bonchev–Trinajstić information content (AvgIpc) is 2.25. The quantitative estimate of drug-likeness (QED) is 0.804. The number of aryl methyl sites for hydroxylation is 1. The molecule has 1 aromatic carbocycles. The number of nitrogens with one attached hydrogen (secondary N) is 1. The summed E-state index contributed by atoms with van der Waals surface area (Å²) in [6, 6.07) is 5.14. The molecule has 0 amide bonds. The van der Waals surface area contributed by atoms with Gasteiger partial charge in [0.2, 0.25) is 10.0 Å². The van der Waals surface area contributed by atoms with E-state index in [0.717, 1.165) is 19.3 Å². The molecule has 112 valence electrons. The Morgan fingerprint density at radius 1 is 1.35 bits per heavy atom. The highest BCUT2D eigenvalue weighted by atomic mass is 32.2. The third-order valence-electron chi connectivity index (χ3n) is 4.34. The molecule has 20 heavy (non-hydrogen) atoms. The Bertz CT molecular complexity index is 572. The van der Waals surface area contributed by atoms with Gasteiger partial charge < -0.3 is 10.6 Å². The molecule has 0 heterocycles. The van der Waals surface area contributed by atoms with Gasteiger partial charge in [-0.3, -0.25) is 0 Å². The number of likely N-dealkylation sites (N-methyl/N-ethyl adjacent to an activating group) is 1. The van der Waals surface area contributed by atoms with E-state index in [-0.39, 0.29) is 10.4 Å². The number of nitrogens with zero attached hydrogens (tertiary/aromatic N) is 1. The molecule has 0 aromatic heterocycles. The van der Waals surface area contributed by atoms with E-state index in [0.29, 0.717) is 17.8 Å². The summed E-state index contributed by atoms with van der Waals surface area (Å²) in [5, 5.41) is 0. The first kappa shape index (κ1) is 15.3. The molecule has 1 aliphatic rings. The fraction of sp³-hybridized carbons (Fsp3) is 0.571. The third-order valence-corrected chi connectivity index (χ3v) is 5.95. The van der Waals surface area contributed by atoms with Crippen molar-refractivity contribution in [1.82, 2.24) is 9.62 Å². The van der Waals surface area contributed by atoms with Gasteiger partial charge in [0.1, 0.15) is 4.90 Å². The molecule has 0 spiro atoms. The van der Waals surface area contributed by atoms with E-state index < -0.39 is 10.0 Å². The molecule has 5 nitrogen and oxygen atoms in total. The van der Waals surface area contributed by atoms with Crippen molar-refractivity contribution >= 4 is 15.7 Å². The van der Waals surface area contributed by atoms with Gasteiger partial charge in [0, 0.05) is 12.1 Å². The van der Waals surface area contributed by atoms with Gasteiger partial charge in [-0.05, 0) is 51.9 Å². The van der Waals surface area contributed by atoms with Gasteiger partial charge in [0.15, 0.2) is 0 Å². The van der Waals surface area contributed by atoms with Crippen LogP contribution in [0.5, 0.6) is 0 Å². The highest BCUT2D eigenvalue weighted by Gasteiger charge is 2.40. The summed E-state index contributed by atoms with van der Waals surface area (Å²) in [6.07, 6.45) is 3.18. The van der Waals surface area contributed by atoms with Crippen molar-refractivity contribution in [2.75, 3.05) is 26.4 Å². The van der Waals surface area contributed by atoms with E-state index in [1.54, 1.807) is 25.1 Å². The second-order valence-corrected chi connectivity index (χ2v) is 7.49. The predicted octanol–water partition coefficient (Wildman–Crippen LogP) is 1.34. The number of nitrogen functional groups attached to an aromatic ring is 1. The summed E-state index contributed by atoms with van der Waals surface area (Å²) in [4.78, 5) is 2.31. The van der Waals surface area contributed by atoms with Crippen molar-refractivity contribution in [2.45, 2.75) is 36.6 Å². The Kier molecular flexibility index (Phi) is 4.09.